The molecule has 2 aromatic rings. The molecule has 10 heteroatoms. The van der Waals surface area contributed by atoms with Crippen LogP contribution >= 0.6 is 0 Å². The molecule has 3 N–H and O–H groups in total. The van der Waals surface area contributed by atoms with Gasteiger partial charge < -0.3 is 37.7 Å². The maximum Gasteiger partial charge on any atom is 1.00 e. The Bertz CT molecular complexity index is 798. The van der Waals surface area contributed by atoms with Crippen molar-refractivity contribution in [3.63, 3.8) is 0 Å². The maximum absolute atomic E-state index is 12.3. The molecule has 0 saturated heterocycles. The Labute approximate surface area is 171 Å². The Balaban J connectivity index is 0.00000312. The minimum Gasteiger partial charge on any atom is -0.734 e. The van der Waals surface area contributed by atoms with E-state index in [-0.39, 0.29) is 35.1 Å². The van der Waals surface area contributed by atoms with Gasteiger partial charge in [-0.3, -0.25) is 4.79 Å². The topological polar surface area (TPSA) is 122 Å². The van der Waals surface area contributed by atoms with Crippen LogP contribution < -0.4 is 39.6 Å². The molecule has 0 saturated carbocycles. The number of aromatic hydroxyl groups is 2. The van der Waals surface area contributed by atoms with E-state index >= 15 is 0 Å². The van der Waals surface area contributed by atoms with Crippen LogP contribution in [0.3, 0.4) is 0 Å². The average molecular weight is 371 g/mol. The average Bonchev–Trinajstić information content (AvgIpc) is 2.49. The quantitative estimate of drug-likeness (QED) is 0.437. The molecule has 1 aromatic carbocycles. The van der Waals surface area contributed by atoms with Gasteiger partial charge in [0.25, 0.3) is 5.91 Å². The summed E-state index contributed by atoms with van der Waals surface area (Å²) < 4.78 is 5.23. The summed E-state index contributed by atoms with van der Waals surface area (Å²) in [7, 11) is 1.53. The predicted octanol–water partition coefficient (Wildman–Crippen LogP) is -1.54. The monoisotopic (exact) mass is 371 g/mol. The summed E-state index contributed by atoms with van der Waals surface area (Å²) in [5, 5.41) is 20.9. The summed E-state index contributed by atoms with van der Waals surface area (Å²) in [6.07, 6.45) is 0. The van der Waals surface area contributed by atoms with E-state index in [4.69, 9.17) is 4.74 Å². The summed E-state index contributed by atoms with van der Waals surface area (Å²) in [5.41, 5.74) is 1.37. The smallest absolute Gasteiger partial charge is 0.734 e. The molecule has 0 bridgehead atoms. The van der Waals surface area contributed by atoms with Crippen LogP contribution in [0.2, 0.25) is 0 Å². The molecule has 0 atom stereocenters. The van der Waals surface area contributed by atoms with Crippen molar-refractivity contribution < 1.29 is 54.1 Å². The number of hydrogen-bond donors (Lipinski definition) is 3. The van der Waals surface area contributed by atoms with Gasteiger partial charge in [-0.25, -0.2) is 0 Å². The fourth-order valence-corrected chi connectivity index (χ4v) is 2.32. The molecule has 0 aliphatic rings. The molecule has 0 fully saturated rings. The Morgan fingerprint density at radius 3 is 2.00 bits per heavy atom. The van der Waals surface area contributed by atoms with Crippen molar-refractivity contribution in [1.82, 2.24) is 9.97 Å². The number of nitrogens with one attached hydrogen (secondary N) is 1. The molecule has 0 aliphatic heterocycles. The number of aryl methyl sites for hydroxylation is 2. The standard InChI is InChI=1S/C15H15N3O5S.Na/c1-6-4-8(5-7(2)10(6)23-3)12(19)16-9-13(20)17-11(15(22)24)18-14(9)21;/h4-5H,1-3H3,(H,16,19)(H,22,24)(H2,17,18,20,21);/q;+1/p-1. The zero-order valence-electron chi connectivity index (χ0n) is 14.1. The van der Waals surface area contributed by atoms with Gasteiger partial charge in [0.2, 0.25) is 11.8 Å². The Morgan fingerprint density at radius 2 is 1.60 bits per heavy atom. The summed E-state index contributed by atoms with van der Waals surface area (Å²) in [5.74, 6) is -1.99. The normalized spacial score (nSPS) is 9.88. The van der Waals surface area contributed by atoms with Crippen molar-refractivity contribution in [3.05, 3.63) is 34.6 Å². The number of benzene rings is 1. The minimum atomic E-state index is -0.945. The van der Waals surface area contributed by atoms with Crippen LogP contribution in [0.15, 0.2) is 12.1 Å². The van der Waals surface area contributed by atoms with Crippen molar-refractivity contribution in [2.45, 2.75) is 13.8 Å². The van der Waals surface area contributed by atoms with Crippen LogP contribution in [0.5, 0.6) is 17.5 Å². The van der Waals surface area contributed by atoms with Crippen LogP contribution in [0.25, 0.3) is 0 Å². The third-order valence-corrected chi connectivity index (χ3v) is 3.40. The molecule has 0 unspecified atom stereocenters. The van der Waals surface area contributed by atoms with E-state index in [0.717, 1.165) is 11.1 Å². The first-order valence-electron chi connectivity index (χ1n) is 6.72. The van der Waals surface area contributed by atoms with Crippen LogP contribution in [0.4, 0.5) is 5.69 Å². The number of hydrogen-bond acceptors (Lipinski definition) is 8. The third-order valence-electron chi connectivity index (χ3n) is 3.22. The molecule has 8 nitrogen and oxygen atoms in total. The van der Waals surface area contributed by atoms with Crippen molar-refractivity contribution in [1.29, 1.82) is 0 Å². The van der Waals surface area contributed by atoms with E-state index < -0.39 is 34.3 Å². The van der Waals surface area contributed by atoms with Crippen LogP contribution in [-0.2, 0) is 12.6 Å². The van der Waals surface area contributed by atoms with Crippen molar-refractivity contribution in [2.75, 3.05) is 12.4 Å². The van der Waals surface area contributed by atoms with Crippen molar-refractivity contribution in [2.24, 2.45) is 0 Å². The second-order valence-electron chi connectivity index (χ2n) is 4.95. The van der Waals surface area contributed by atoms with Gasteiger partial charge in [0.15, 0.2) is 11.5 Å². The molecule has 25 heavy (non-hydrogen) atoms. The number of rotatable bonds is 4. The van der Waals surface area contributed by atoms with E-state index in [1.807, 2.05) is 0 Å². The number of amides is 1. The van der Waals surface area contributed by atoms with Crippen LogP contribution in [-0.4, -0.2) is 38.3 Å². The number of carbonyl (C=O) groups excluding carboxylic acids is 2. The summed E-state index contributed by atoms with van der Waals surface area (Å²) in [4.78, 5) is 30.2. The van der Waals surface area contributed by atoms with Crippen molar-refractivity contribution in [3.8, 4) is 17.5 Å². The maximum atomic E-state index is 12.3. The summed E-state index contributed by atoms with van der Waals surface area (Å²) in [6.45, 7) is 3.56. The van der Waals surface area contributed by atoms with E-state index in [2.05, 4.69) is 27.9 Å². The molecule has 1 heterocycles. The minimum absolute atomic E-state index is 0. The molecule has 2 rings (SSSR count). The van der Waals surface area contributed by atoms with Crippen LogP contribution in [0.1, 0.15) is 32.1 Å². The summed E-state index contributed by atoms with van der Waals surface area (Å²) in [6, 6.07) is 3.19. The van der Waals surface area contributed by atoms with Gasteiger partial charge in [0.05, 0.1) is 12.2 Å². The second kappa shape index (κ2) is 8.43. The fraction of sp³-hybridized carbons (Fsp3) is 0.200. The molecule has 0 spiro atoms. The van der Waals surface area contributed by atoms with Gasteiger partial charge in [0, 0.05) is 5.56 Å². The largest absolute Gasteiger partial charge is 1.00 e. The van der Waals surface area contributed by atoms with E-state index in [0.29, 0.717) is 5.75 Å². The molecular weight excluding hydrogens is 357 g/mol. The molecule has 1 aromatic heterocycles. The molecule has 0 aliphatic carbocycles. The van der Waals surface area contributed by atoms with E-state index in [1.165, 1.54) is 7.11 Å². The molecule has 0 radical (unpaired) electrons. The van der Waals surface area contributed by atoms with Gasteiger partial charge in [-0.05, 0) is 37.1 Å². The fourth-order valence-electron chi connectivity index (χ4n) is 2.23. The second-order valence-corrected chi connectivity index (χ2v) is 5.33. The summed E-state index contributed by atoms with van der Waals surface area (Å²) >= 11 is 4.34. The van der Waals surface area contributed by atoms with Gasteiger partial charge in [0.1, 0.15) is 5.75 Å². The number of nitrogens with zero attached hydrogens (tertiary/aromatic N) is 2. The van der Waals surface area contributed by atoms with Gasteiger partial charge in [-0.2, -0.15) is 9.97 Å². The van der Waals surface area contributed by atoms with Gasteiger partial charge in [-0.1, -0.05) is 0 Å². The van der Waals surface area contributed by atoms with Gasteiger partial charge in [-0.15, -0.1) is 0 Å². The number of carbonyl (C=O) groups is 2. The number of methoxy groups -OCH3 is 1. The van der Waals surface area contributed by atoms with Crippen molar-refractivity contribution >= 4 is 29.3 Å². The van der Waals surface area contributed by atoms with Gasteiger partial charge >= 0.3 is 29.6 Å². The van der Waals surface area contributed by atoms with E-state index in [1.54, 1.807) is 26.0 Å². The number of aromatic nitrogens is 2. The predicted molar refractivity (Wildman–Crippen MR) is 87.5 cm³/mol. The Hall–Kier alpha value is -1.94. The SMILES string of the molecule is COc1c(C)cc(C(=O)Nc2c(O)nc(C(=O)[S-])nc2O)cc1C.[Na+]. The Kier molecular flexibility index (Phi) is 7.12. The number of ether oxygens (including phenoxy) is 1. The molecule has 126 valence electrons. The van der Waals surface area contributed by atoms with Crippen LogP contribution in [0, 0.1) is 13.8 Å². The zero-order chi connectivity index (χ0) is 18.0. The first-order valence-corrected chi connectivity index (χ1v) is 7.13. The molecule has 1 amide bonds. The first kappa shape index (κ1) is 21.1. The first-order chi connectivity index (χ1) is 11.2. The Morgan fingerprint density at radius 1 is 1.12 bits per heavy atom. The third kappa shape index (κ3) is 4.57. The molecular formula is C15H14N3NaO5S. The zero-order valence-corrected chi connectivity index (χ0v) is 16.9. The number of anilines is 1. The van der Waals surface area contributed by atoms with E-state index in [9.17, 15) is 19.8 Å².